The van der Waals surface area contributed by atoms with Gasteiger partial charge in [-0.1, -0.05) is 13.0 Å². The molecule has 0 amide bonds. The molecule has 104 valence electrons. The van der Waals surface area contributed by atoms with Crippen LogP contribution in [0.3, 0.4) is 0 Å². The number of hydrogen-bond donors (Lipinski definition) is 2. The first kappa shape index (κ1) is 13.8. The van der Waals surface area contributed by atoms with Crippen LogP contribution >= 0.6 is 0 Å². The summed E-state index contributed by atoms with van der Waals surface area (Å²) in [6.45, 7) is 2.87. The lowest BCUT2D eigenvalue weighted by molar-refractivity contribution is 0.238. The molecule has 0 unspecified atom stereocenters. The Morgan fingerprint density at radius 3 is 2.58 bits per heavy atom. The van der Waals surface area contributed by atoms with Gasteiger partial charge in [-0.15, -0.1) is 0 Å². The molecule has 1 heterocycles. The predicted octanol–water partition coefficient (Wildman–Crippen LogP) is 0.737. The molecule has 0 saturated carbocycles. The second kappa shape index (κ2) is 5.59. The maximum absolute atomic E-state index is 11.8. The summed E-state index contributed by atoms with van der Waals surface area (Å²) >= 11 is 0. The van der Waals surface area contributed by atoms with E-state index in [-0.39, 0.29) is 18.3 Å². The molecule has 1 aromatic heterocycles. The lowest BCUT2D eigenvalue weighted by atomic mass is 10.1. The molecular weight excluding hydrogens is 242 g/mol. The van der Waals surface area contributed by atoms with E-state index in [1.807, 2.05) is 25.1 Å². The van der Waals surface area contributed by atoms with E-state index in [0.29, 0.717) is 6.54 Å². The molecule has 2 N–H and O–H groups in total. The average Bonchev–Trinajstić information content (AvgIpc) is 2.65. The summed E-state index contributed by atoms with van der Waals surface area (Å²) in [4.78, 5) is 11.8. The van der Waals surface area contributed by atoms with Crippen molar-refractivity contribution in [3.8, 4) is 0 Å². The van der Waals surface area contributed by atoms with Crippen LogP contribution < -0.4 is 11.0 Å². The van der Waals surface area contributed by atoms with Crippen molar-refractivity contribution in [3.05, 3.63) is 34.2 Å². The topological polar surface area (TPSA) is 59.2 Å². The minimum absolute atomic E-state index is 0.0121. The van der Waals surface area contributed by atoms with Crippen molar-refractivity contribution >= 4 is 11.0 Å². The fraction of sp³-hybridized carbons (Fsp3) is 0.500. The van der Waals surface area contributed by atoms with Crippen molar-refractivity contribution < 1.29 is 5.11 Å². The minimum atomic E-state index is -0.0121. The summed E-state index contributed by atoms with van der Waals surface area (Å²) in [6.07, 6.45) is 0.891. The van der Waals surface area contributed by atoms with Crippen LogP contribution in [-0.2, 0) is 20.6 Å². The van der Waals surface area contributed by atoms with Gasteiger partial charge < -0.3 is 10.4 Å². The molecule has 0 fully saturated rings. The fourth-order valence-corrected chi connectivity index (χ4v) is 2.26. The number of benzene rings is 1. The highest BCUT2D eigenvalue weighted by atomic mass is 16.3. The van der Waals surface area contributed by atoms with Crippen LogP contribution in [0.1, 0.15) is 18.9 Å². The minimum Gasteiger partial charge on any atom is -0.395 e. The molecule has 19 heavy (non-hydrogen) atoms. The summed E-state index contributed by atoms with van der Waals surface area (Å²) in [6, 6.07) is 6.12. The molecule has 2 aromatic rings. The first-order chi connectivity index (χ1) is 9.08. The lowest BCUT2D eigenvalue weighted by Gasteiger charge is -2.13. The molecule has 0 spiro atoms. The van der Waals surface area contributed by atoms with Gasteiger partial charge in [0.2, 0.25) is 0 Å². The van der Waals surface area contributed by atoms with Crippen LogP contribution in [0.4, 0.5) is 0 Å². The van der Waals surface area contributed by atoms with E-state index < -0.39 is 0 Å². The van der Waals surface area contributed by atoms with Crippen molar-refractivity contribution in [1.82, 2.24) is 14.5 Å². The average molecular weight is 263 g/mol. The number of aromatic nitrogens is 2. The molecule has 0 saturated heterocycles. The summed E-state index contributed by atoms with van der Waals surface area (Å²) in [5.74, 6) is 0. The summed E-state index contributed by atoms with van der Waals surface area (Å²) in [7, 11) is 3.56. The van der Waals surface area contributed by atoms with E-state index in [9.17, 15) is 4.79 Å². The third-order valence-electron chi connectivity index (χ3n) is 3.64. The highest BCUT2D eigenvalue weighted by molar-refractivity contribution is 5.76. The fourth-order valence-electron chi connectivity index (χ4n) is 2.26. The Kier molecular flexibility index (Phi) is 4.07. The van der Waals surface area contributed by atoms with E-state index in [2.05, 4.69) is 5.32 Å². The number of nitrogens with zero attached hydrogens (tertiary/aromatic N) is 2. The third kappa shape index (κ3) is 2.57. The smallest absolute Gasteiger partial charge is 0.328 e. The molecule has 1 aromatic carbocycles. The third-order valence-corrected chi connectivity index (χ3v) is 3.64. The number of aryl methyl sites for hydroxylation is 2. The van der Waals surface area contributed by atoms with Gasteiger partial charge in [-0.05, 0) is 24.1 Å². The number of imidazole rings is 1. The van der Waals surface area contributed by atoms with Gasteiger partial charge in [0.05, 0.1) is 17.6 Å². The monoisotopic (exact) mass is 263 g/mol. The van der Waals surface area contributed by atoms with Gasteiger partial charge in [-0.3, -0.25) is 9.13 Å². The maximum Gasteiger partial charge on any atom is 0.328 e. The Labute approximate surface area is 112 Å². The Balaban J connectivity index is 2.27. The van der Waals surface area contributed by atoms with Crippen molar-refractivity contribution in [2.24, 2.45) is 14.1 Å². The molecule has 0 bridgehead atoms. The zero-order valence-corrected chi connectivity index (χ0v) is 11.7. The van der Waals surface area contributed by atoms with E-state index in [1.165, 1.54) is 0 Å². The first-order valence-electron chi connectivity index (χ1n) is 6.57. The van der Waals surface area contributed by atoms with Gasteiger partial charge in [0.15, 0.2) is 0 Å². The summed E-state index contributed by atoms with van der Waals surface area (Å²) < 4.78 is 3.30. The number of rotatable bonds is 5. The molecule has 0 aliphatic carbocycles. The van der Waals surface area contributed by atoms with Crippen LogP contribution in [0.5, 0.6) is 0 Å². The number of fused-ring (bicyclic) bond motifs is 1. The molecule has 5 nitrogen and oxygen atoms in total. The zero-order valence-electron chi connectivity index (χ0n) is 11.7. The van der Waals surface area contributed by atoms with Crippen LogP contribution in [0.15, 0.2) is 23.0 Å². The van der Waals surface area contributed by atoms with Crippen LogP contribution in [-0.4, -0.2) is 26.9 Å². The number of aliphatic hydroxyl groups excluding tert-OH is 1. The zero-order chi connectivity index (χ0) is 14.0. The number of nitrogens with one attached hydrogen (secondary N) is 1. The molecule has 5 heteroatoms. The van der Waals surface area contributed by atoms with E-state index in [1.54, 1.807) is 23.2 Å². The number of hydrogen-bond acceptors (Lipinski definition) is 3. The van der Waals surface area contributed by atoms with E-state index >= 15 is 0 Å². The van der Waals surface area contributed by atoms with Crippen molar-refractivity contribution in [3.63, 3.8) is 0 Å². The van der Waals surface area contributed by atoms with E-state index in [0.717, 1.165) is 23.0 Å². The summed E-state index contributed by atoms with van der Waals surface area (Å²) in [5.41, 5.74) is 2.97. The number of aliphatic hydroxyl groups is 1. The maximum atomic E-state index is 11.8. The molecule has 0 aliphatic rings. The Morgan fingerprint density at radius 2 is 1.95 bits per heavy atom. The quantitative estimate of drug-likeness (QED) is 0.836. The van der Waals surface area contributed by atoms with Gasteiger partial charge in [0.1, 0.15) is 0 Å². The summed E-state index contributed by atoms with van der Waals surface area (Å²) in [5, 5.41) is 12.4. The van der Waals surface area contributed by atoms with Crippen molar-refractivity contribution in [1.29, 1.82) is 0 Å². The predicted molar refractivity (Wildman–Crippen MR) is 76.2 cm³/mol. The van der Waals surface area contributed by atoms with Gasteiger partial charge in [-0.2, -0.15) is 0 Å². The molecule has 2 rings (SSSR count). The SMILES string of the molecule is CC[C@H](CO)NCc1ccc2c(c1)n(C)c(=O)n2C. The first-order valence-corrected chi connectivity index (χ1v) is 6.57. The molecule has 0 aliphatic heterocycles. The molecule has 0 radical (unpaired) electrons. The van der Waals surface area contributed by atoms with E-state index in [4.69, 9.17) is 5.11 Å². The van der Waals surface area contributed by atoms with Gasteiger partial charge >= 0.3 is 5.69 Å². The molecule has 1 atom stereocenters. The largest absolute Gasteiger partial charge is 0.395 e. The standard InChI is InChI=1S/C14H21N3O2/c1-4-11(9-18)15-8-10-5-6-12-13(7-10)17(3)14(19)16(12)2/h5-7,11,15,18H,4,8-9H2,1-3H3/t11-/m1/s1. The van der Waals surface area contributed by atoms with Crippen LogP contribution in [0.25, 0.3) is 11.0 Å². The second-order valence-corrected chi connectivity index (χ2v) is 4.89. The van der Waals surface area contributed by atoms with Gasteiger partial charge in [-0.25, -0.2) is 4.79 Å². The van der Waals surface area contributed by atoms with Gasteiger partial charge in [0, 0.05) is 26.7 Å². The van der Waals surface area contributed by atoms with Gasteiger partial charge in [0.25, 0.3) is 0 Å². The van der Waals surface area contributed by atoms with Crippen LogP contribution in [0, 0.1) is 0 Å². The Hall–Kier alpha value is -1.59. The van der Waals surface area contributed by atoms with Crippen molar-refractivity contribution in [2.45, 2.75) is 25.9 Å². The Bertz CT molecular complexity index is 623. The van der Waals surface area contributed by atoms with Crippen LogP contribution in [0.2, 0.25) is 0 Å². The highest BCUT2D eigenvalue weighted by Gasteiger charge is 2.09. The normalized spacial score (nSPS) is 13.1. The van der Waals surface area contributed by atoms with Crippen molar-refractivity contribution in [2.75, 3.05) is 6.61 Å². The second-order valence-electron chi connectivity index (χ2n) is 4.89. The lowest BCUT2D eigenvalue weighted by Crippen LogP contribution is -2.31. The molecular formula is C14H21N3O2. The highest BCUT2D eigenvalue weighted by Crippen LogP contribution is 2.14. The Morgan fingerprint density at radius 1 is 1.26 bits per heavy atom.